The number of aryl methyl sites for hydroxylation is 1. The summed E-state index contributed by atoms with van der Waals surface area (Å²) in [5.41, 5.74) is 3.65. The molecule has 2 N–H and O–H groups in total. The second-order valence-corrected chi connectivity index (χ2v) is 9.23. The van der Waals surface area contributed by atoms with Crippen molar-refractivity contribution in [2.24, 2.45) is 0 Å². The van der Waals surface area contributed by atoms with Crippen LogP contribution in [0.25, 0.3) is 0 Å². The highest BCUT2D eigenvalue weighted by Gasteiger charge is 2.16. The molecule has 0 spiro atoms. The summed E-state index contributed by atoms with van der Waals surface area (Å²) < 4.78 is 38.7. The van der Waals surface area contributed by atoms with Gasteiger partial charge in [0.15, 0.2) is 0 Å². The number of sulfonamides is 1. The van der Waals surface area contributed by atoms with Crippen LogP contribution in [0.2, 0.25) is 0 Å². The molecule has 0 fully saturated rings. The van der Waals surface area contributed by atoms with Gasteiger partial charge in [0.1, 0.15) is 12.4 Å². The van der Waals surface area contributed by atoms with Crippen molar-refractivity contribution in [1.82, 2.24) is 5.32 Å². The van der Waals surface area contributed by atoms with E-state index in [2.05, 4.69) is 10.0 Å². The average Bonchev–Trinajstić information content (AvgIpc) is 2.81. The standard InChI is InChI=1S/C25H28N2O5S/c1-18-6-4-9-24(19(18)2)27-33(29,30)23-12-10-21(11-13-23)25(28)26-17-20-7-5-8-22(16-20)32-15-14-31-3/h4-13,16,27H,14-15,17H2,1-3H3,(H,26,28). The fraction of sp³-hybridized carbons (Fsp3) is 0.240. The Kier molecular flexibility index (Phi) is 8.08. The molecule has 0 aliphatic carbocycles. The molecule has 1 amide bonds. The second-order valence-electron chi connectivity index (χ2n) is 7.55. The van der Waals surface area contributed by atoms with Crippen molar-refractivity contribution >= 4 is 21.6 Å². The number of hydrogen-bond acceptors (Lipinski definition) is 5. The number of rotatable bonds is 10. The topological polar surface area (TPSA) is 93.7 Å². The minimum Gasteiger partial charge on any atom is -0.491 e. The summed E-state index contributed by atoms with van der Waals surface area (Å²) >= 11 is 0. The number of benzene rings is 3. The van der Waals surface area contributed by atoms with Gasteiger partial charge in [0.2, 0.25) is 0 Å². The van der Waals surface area contributed by atoms with Crippen molar-refractivity contribution in [3.8, 4) is 5.75 Å². The van der Waals surface area contributed by atoms with Crippen molar-refractivity contribution in [2.45, 2.75) is 25.3 Å². The van der Waals surface area contributed by atoms with Crippen molar-refractivity contribution in [1.29, 1.82) is 0 Å². The van der Waals surface area contributed by atoms with Gasteiger partial charge in [-0.3, -0.25) is 9.52 Å². The molecule has 0 aliphatic rings. The van der Waals surface area contributed by atoms with Crippen LogP contribution in [0.1, 0.15) is 27.0 Å². The van der Waals surface area contributed by atoms with E-state index in [9.17, 15) is 13.2 Å². The molecule has 0 atom stereocenters. The van der Waals surface area contributed by atoms with Gasteiger partial charge in [0, 0.05) is 19.2 Å². The summed E-state index contributed by atoms with van der Waals surface area (Å²) in [5.74, 6) is 0.400. The predicted octanol–water partition coefficient (Wildman–Crippen LogP) is 4.06. The molecule has 0 radical (unpaired) electrons. The minimum absolute atomic E-state index is 0.0841. The molecular formula is C25H28N2O5S. The molecule has 8 heteroatoms. The third-order valence-electron chi connectivity index (χ3n) is 5.18. The number of nitrogens with one attached hydrogen (secondary N) is 2. The fourth-order valence-electron chi connectivity index (χ4n) is 3.12. The Morgan fingerprint density at radius 3 is 2.39 bits per heavy atom. The minimum atomic E-state index is -3.77. The maximum absolute atomic E-state index is 12.8. The van der Waals surface area contributed by atoms with Crippen molar-refractivity contribution in [2.75, 3.05) is 25.0 Å². The molecular weight excluding hydrogens is 440 g/mol. The molecule has 0 saturated heterocycles. The van der Waals surface area contributed by atoms with Gasteiger partial charge in [0.25, 0.3) is 15.9 Å². The smallest absolute Gasteiger partial charge is 0.261 e. The quantitative estimate of drug-likeness (QED) is 0.438. The lowest BCUT2D eigenvalue weighted by atomic mass is 10.1. The van der Waals surface area contributed by atoms with Crippen LogP contribution in [0, 0.1) is 13.8 Å². The summed E-state index contributed by atoms with van der Waals surface area (Å²) in [6.07, 6.45) is 0. The first-order chi connectivity index (χ1) is 15.8. The van der Waals surface area contributed by atoms with E-state index in [-0.39, 0.29) is 10.8 Å². The Bertz CT molecular complexity index is 1210. The normalized spacial score (nSPS) is 11.1. The second kappa shape index (κ2) is 11.0. The number of methoxy groups -OCH3 is 1. The first kappa shape index (κ1) is 24.3. The molecule has 3 rings (SSSR count). The number of amides is 1. The summed E-state index contributed by atoms with van der Waals surface area (Å²) in [6.45, 7) is 5.04. The lowest BCUT2D eigenvalue weighted by molar-refractivity contribution is 0.0950. The maximum Gasteiger partial charge on any atom is 0.261 e. The van der Waals surface area contributed by atoms with Crippen molar-refractivity contribution in [3.63, 3.8) is 0 Å². The van der Waals surface area contributed by atoms with Gasteiger partial charge in [-0.2, -0.15) is 0 Å². The fourth-order valence-corrected chi connectivity index (χ4v) is 4.25. The molecule has 174 valence electrons. The Morgan fingerprint density at radius 1 is 0.939 bits per heavy atom. The van der Waals surface area contributed by atoms with E-state index in [1.807, 2.05) is 44.2 Å². The number of hydrogen-bond donors (Lipinski definition) is 2. The van der Waals surface area contributed by atoms with Gasteiger partial charge in [0.05, 0.1) is 17.2 Å². The highest BCUT2D eigenvalue weighted by atomic mass is 32.2. The molecule has 7 nitrogen and oxygen atoms in total. The first-order valence-corrected chi connectivity index (χ1v) is 12.0. The summed E-state index contributed by atoms with van der Waals surface area (Å²) in [5, 5.41) is 2.84. The van der Waals surface area contributed by atoms with Crippen molar-refractivity contribution in [3.05, 3.63) is 89.0 Å². The molecule has 33 heavy (non-hydrogen) atoms. The summed E-state index contributed by atoms with van der Waals surface area (Å²) in [6, 6.07) is 18.7. The van der Waals surface area contributed by atoms with Gasteiger partial charge in [-0.1, -0.05) is 24.3 Å². The van der Waals surface area contributed by atoms with Crippen LogP contribution in [0.3, 0.4) is 0 Å². The monoisotopic (exact) mass is 468 g/mol. The zero-order valence-corrected chi connectivity index (χ0v) is 19.7. The number of anilines is 1. The summed E-state index contributed by atoms with van der Waals surface area (Å²) in [7, 11) is -2.16. The van der Waals surface area contributed by atoms with E-state index in [0.717, 1.165) is 16.7 Å². The Labute approximate surface area is 194 Å². The largest absolute Gasteiger partial charge is 0.491 e. The first-order valence-electron chi connectivity index (χ1n) is 10.5. The lowest BCUT2D eigenvalue weighted by Crippen LogP contribution is -2.23. The van der Waals surface area contributed by atoms with E-state index >= 15 is 0 Å². The number of carbonyl (C=O) groups is 1. The van der Waals surface area contributed by atoms with E-state index in [1.165, 1.54) is 24.3 Å². The molecule has 3 aromatic carbocycles. The zero-order chi connectivity index (χ0) is 23.8. The molecule has 0 aromatic heterocycles. The zero-order valence-electron chi connectivity index (χ0n) is 18.9. The highest BCUT2D eigenvalue weighted by molar-refractivity contribution is 7.92. The Hall–Kier alpha value is -3.36. The van der Waals surface area contributed by atoms with E-state index in [0.29, 0.717) is 36.8 Å². The third kappa shape index (κ3) is 6.57. The van der Waals surface area contributed by atoms with Crippen LogP contribution >= 0.6 is 0 Å². The van der Waals surface area contributed by atoms with Gasteiger partial charge in [-0.05, 0) is 73.0 Å². The Morgan fingerprint density at radius 2 is 1.67 bits per heavy atom. The van der Waals surface area contributed by atoms with Gasteiger partial charge in [-0.25, -0.2) is 8.42 Å². The average molecular weight is 469 g/mol. The Balaban J connectivity index is 1.62. The van der Waals surface area contributed by atoms with Crippen LogP contribution in [-0.4, -0.2) is 34.6 Å². The highest BCUT2D eigenvalue weighted by Crippen LogP contribution is 2.22. The summed E-state index contributed by atoms with van der Waals surface area (Å²) in [4.78, 5) is 12.6. The SMILES string of the molecule is COCCOc1cccc(CNC(=O)c2ccc(S(=O)(=O)Nc3cccc(C)c3C)cc2)c1. The van der Waals surface area contributed by atoms with Gasteiger partial charge in [-0.15, -0.1) is 0 Å². The molecule has 0 aliphatic heterocycles. The van der Waals surface area contributed by atoms with Crippen LogP contribution in [0.15, 0.2) is 71.6 Å². The third-order valence-corrected chi connectivity index (χ3v) is 6.56. The van der Waals surface area contributed by atoms with Crippen LogP contribution in [0.5, 0.6) is 5.75 Å². The number of ether oxygens (including phenoxy) is 2. The molecule has 0 unspecified atom stereocenters. The predicted molar refractivity (Wildman–Crippen MR) is 128 cm³/mol. The molecule has 0 bridgehead atoms. The van der Waals surface area contributed by atoms with E-state index < -0.39 is 10.0 Å². The van der Waals surface area contributed by atoms with Crippen LogP contribution in [0.4, 0.5) is 5.69 Å². The molecule has 0 saturated carbocycles. The lowest BCUT2D eigenvalue weighted by Gasteiger charge is -2.12. The molecule has 3 aromatic rings. The maximum atomic E-state index is 12.8. The van der Waals surface area contributed by atoms with E-state index in [1.54, 1.807) is 19.2 Å². The van der Waals surface area contributed by atoms with E-state index in [4.69, 9.17) is 9.47 Å². The van der Waals surface area contributed by atoms with Gasteiger partial charge >= 0.3 is 0 Å². The number of carbonyl (C=O) groups excluding carboxylic acids is 1. The van der Waals surface area contributed by atoms with Gasteiger partial charge < -0.3 is 14.8 Å². The van der Waals surface area contributed by atoms with Crippen molar-refractivity contribution < 1.29 is 22.7 Å². The van der Waals surface area contributed by atoms with Crippen LogP contribution < -0.4 is 14.8 Å². The molecule has 0 heterocycles. The van der Waals surface area contributed by atoms with Crippen LogP contribution in [-0.2, 0) is 21.3 Å².